The third-order valence-electron chi connectivity index (χ3n) is 3.26. The summed E-state index contributed by atoms with van der Waals surface area (Å²) in [6, 6.07) is 1.23. The predicted octanol–water partition coefficient (Wildman–Crippen LogP) is 0.774. The number of nitrogens with zero attached hydrogens (tertiary/aromatic N) is 1. The lowest BCUT2D eigenvalue weighted by Crippen LogP contribution is -2.58. The van der Waals surface area contributed by atoms with Crippen molar-refractivity contribution in [2.45, 2.75) is 42.8 Å². The first-order valence-electron chi connectivity index (χ1n) is 5.87. The van der Waals surface area contributed by atoms with Crippen LogP contribution in [0.2, 0.25) is 0 Å². The maximum atomic E-state index is 13.2. The maximum absolute atomic E-state index is 13.2. The lowest BCUT2D eigenvalue weighted by atomic mass is 9.93. The number of ether oxygens (including phenoxy) is 2. The molecule has 2 bridgehead atoms. The quantitative estimate of drug-likeness (QED) is 0.415. The summed E-state index contributed by atoms with van der Waals surface area (Å²) >= 11 is 0. The Hall–Kier alpha value is -1.64. The molecule has 7 nitrogen and oxygen atoms in total. The van der Waals surface area contributed by atoms with Crippen LogP contribution in [-0.2, 0) is 28.6 Å². The van der Waals surface area contributed by atoms with Gasteiger partial charge in [0.15, 0.2) is 6.10 Å². The van der Waals surface area contributed by atoms with Crippen molar-refractivity contribution in [2.75, 3.05) is 0 Å². The van der Waals surface area contributed by atoms with E-state index in [0.29, 0.717) is 0 Å². The summed E-state index contributed by atoms with van der Waals surface area (Å²) in [5.74, 6) is -1.12. The molecule has 2 aliphatic heterocycles. The Labute approximate surface area is 123 Å². The molecule has 2 heterocycles. The molecule has 4 atom stereocenters. The summed E-state index contributed by atoms with van der Waals surface area (Å²) in [5.41, 5.74) is -5.54. The molecule has 0 aliphatic carbocycles. The van der Waals surface area contributed by atoms with Gasteiger partial charge in [0.05, 0.1) is 6.07 Å². The molecule has 4 unspecified atom stereocenters. The van der Waals surface area contributed by atoms with Crippen molar-refractivity contribution in [3.8, 4) is 6.07 Å². The average Bonchev–Trinajstić information content (AvgIpc) is 2.69. The van der Waals surface area contributed by atoms with Crippen LogP contribution in [0.25, 0.3) is 0 Å². The number of halogens is 3. The van der Waals surface area contributed by atoms with E-state index in [1.54, 1.807) is 0 Å². The topological polar surface area (TPSA) is 103 Å². The number of hydrogen-bond acceptors (Lipinski definition) is 7. The molecule has 2 fully saturated rings. The monoisotopic (exact) mass is 341 g/mol. The van der Waals surface area contributed by atoms with Gasteiger partial charge >= 0.3 is 22.3 Å². The van der Waals surface area contributed by atoms with Crippen molar-refractivity contribution in [1.82, 2.24) is 0 Å². The summed E-state index contributed by atoms with van der Waals surface area (Å²) in [4.78, 5) is 11.4. The zero-order chi connectivity index (χ0) is 16.9. The van der Waals surface area contributed by atoms with Gasteiger partial charge in [0.2, 0.25) is 5.60 Å². The van der Waals surface area contributed by atoms with Crippen molar-refractivity contribution < 1.29 is 40.0 Å². The van der Waals surface area contributed by atoms with Gasteiger partial charge in [0.25, 0.3) is 5.44 Å². The highest BCUT2D eigenvalue weighted by atomic mass is 32.2. The fourth-order valence-corrected chi connectivity index (χ4v) is 3.70. The minimum absolute atomic E-state index is 0.155. The van der Waals surface area contributed by atoms with Gasteiger partial charge in [0.1, 0.15) is 6.10 Å². The Morgan fingerprint density at radius 3 is 2.55 bits per heavy atom. The molecular formula is C11H10F3NO6S. The second kappa shape index (κ2) is 4.94. The van der Waals surface area contributed by atoms with Gasteiger partial charge in [-0.25, -0.2) is 8.98 Å². The van der Waals surface area contributed by atoms with Gasteiger partial charge in [-0.05, 0) is 6.92 Å². The zero-order valence-electron chi connectivity index (χ0n) is 11.1. The Kier molecular flexibility index (Phi) is 3.75. The number of carbonyl (C=O) groups is 1. The molecule has 122 valence electrons. The molecule has 0 spiro atoms. The van der Waals surface area contributed by atoms with Crippen LogP contribution < -0.4 is 0 Å². The van der Waals surface area contributed by atoms with Crippen LogP contribution in [0.3, 0.4) is 0 Å². The van der Waals surface area contributed by atoms with Gasteiger partial charge in [0, 0.05) is 12.0 Å². The Morgan fingerprint density at radius 2 is 2.09 bits per heavy atom. The van der Waals surface area contributed by atoms with E-state index in [1.165, 1.54) is 13.0 Å². The van der Waals surface area contributed by atoms with E-state index >= 15 is 0 Å². The van der Waals surface area contributed by atoms with Crippen molar-refractivity contribution in [3.05, 3.63) is 12.2 Å². The Bertz CT molecular complexity index is 666. The summed E-state index contributed by atoms with van der Waals surface area (Å²) in [5, 5.41) is 8.80. The number of rotatable bonds is 2. The lowest BCUT2D eigenvalue weighted by molar-refractivity contribution is -0.255. The molecule has 2 saturated heterocycles. The van der Waals surface area contributed by atoms with E-state index in [1.807, 2.05) is 0 Å². The largest absolute Gasteiger partial charge is 0.437 e. The molecule has 2 rings (SSSR count). The van der Waals surface area contributed by atoms with Crippen LogP contribution in [0.15, 0.2) is 12.2 Å². The van der Waals surface area contributed by atoms with E-state index < -0.39 is 51.9 Å². The number of fused-ring (bicyclic) bond motifs is 2. The maximum Gasteiger partial charge on any atom is 0.422 e. The second-order valence-corrected chi connectivity index (χ2v) is 6.52. The van der Waals surface area contributed by atoms with Crippen molar-refractivity contribution in [3.63, 3.8) is 0 Å². The van der Waals surface area contributed by atoms with E-state index in [4.69, 9.17) is 10.00 Å². The normalized spacial score (nSPS) is 36.4. The first-order chi connectivity index (χ1) is 9.94. The third-order valence-corrected chi connectivity index (χ3v) is 4.76. The highest BCUT2D eigenvalue weighted by Crippen LogP contribution is 2.52. The number of carbonyl (C=O) groups excluding carboxylic acids is 1. The molecule has 0 aromatic carbocycles. The van der Waals surface area contributed by atoms with Crippen molar-refractivity contribution >= 4 is 16.1 Å². The first-order valence-corrected chi connectivity index (χ1v) is 7.34. The van der Waals surface area contributed by atoms with E-state index in [9.17, 15) is 26.4 Å². The summed E-state index contributed by atoms with van der Waals surface area (Å²) < 4.78 is 76.9. The zero-order valence-corrected chi connectivity index (χ0v) is 11.9. The number of alkyl halides is 3. The standard InChI is InChI=1S/C11H10F3NO6S/c1-5(2)8(16)20-9-6-3-10(11(12,13)14,7(4-15)19-6)21-22(9,17)18/h6-7,9H,1,3H2,2H3. The average molecular weight is 341 g/mol. The molecule has 2 aliphatic rings. The minimum atomic E-state index is -5.15. The highest BCUT2D eigenvalue weighted by Gasteiger charge is 2.74. The van der Waals surface area contributed by atoms with Gasteiger partial charge in [-0.1, -0.05) is 6.58 Å². The number of hydrogen-bond donors (Lipinski definition) is 0. The number of esters is 1. The Balaban J connectivity index is 2.42. The highest BCUT2D eigenvalue weighted by molar-refractivity contribution is 7.87. The Morgan fingerprint density at radius 1 is 1.50 bits per heavy atom. The van der Waals surface area contributed by atoms with Gasteiger partial charge in [-0.15, -0.1) is 0 Å². The van der Waals surface area contributed by atoms with Crippen LogP contribution in [0.4, 0.5) is 13.2 Å². The second-order valence-electron chi connectivity index (χ2n) is 4.91. The van der Waals surface area contributed by atoms with Crippen molar-refractivity contribution in [1.29, 1.82) is 5.26 Å². The molecule has 0 aromatic rings. The fourth-order valence-electron chi connectivity index (χ4n) is 2.20. The number of nitriles is 1. The van der Waals surface area contributed by atoms with Crippen LogP contribution in [0.5, 0.6) is 0 Å². The van der Waals surface area contributed by atoms with E-state index in [0.717, 1.165) is 0 Å². The van der Waals surface area contributed by atoms with Crippen LogP contribution in [0, 0.1) is 11.3 Å². The van der Waals surface area contributed by atoms with E-state index in [2.05, 4.69) is 15.5 Å². The van der Waals surface area contributed by atoms with Crippen LogP contribution >= 0.6 is 0 Å². The molecule has 0 N–H and O–H groups in total. The molecular weight excluding hydrogens is 331 g/mol. The molecule has 0 amide bonds. The SMILES string of the molecule is C=C(C)C(=O)OC1C2CC(C(F)(F)F)(OS1(=O)=O)C(C#N)O2. The molecule has 22 heavy (non-hydrogen) atoms. The van der Waals surface area contributed by atoms with Gasteiger partial charge in [-0.2, -0.15) is 26.9 Å². The van der Waals surface area contributed by atoms with Crippen molar-refractivity contribution in [2.24, 2.45) is 0 Å². The smallest absolute Gasteiger partial charge is 0.422 e. The summed E-state index contributed by atoms with van der Waals surface area (Å²) in [6.07, 6.45) is -9.96. The molecule has 0 radical (unpaired) electrons. The summed E-state index contributed by atoms with van der Waals surface area (Å²) in [6.45, 7) is 4.46. The lowest BCUT2D eigenvalue weighted by Gasteiger charge is -2.35. The van der Waals surface area contributed by atoms with Gasteiger partial charge < -0.3 is 9.47 Å². The first kappa shape index (κ1) is 16.7. The molecule has 0 saturated carbocycles. The van der Waals surface area contributed by atoms with Gasteiger partial charge in [-0.3, -0.25) is 0 Å². The van der Waals surface area contributed by atoms with Crippen LogP contribution in [0.1, 0.15) is 13.3 Å². The fraction of sp³-hybridized carbons (Fsp3) is 0.636. The third kappa shape index (κ3) is 2.37. The molecule has 11 heteroatoms. The van der Waals surface area contributed by atoms with Crippen LogP contribution in [-0.4, -0.2) is 43.8 Å². The predicted molar refractivity (Wildman–Crippen MR) is 62.4 cm³/mol. The summed E-state index contributed by atoms with van der Waals surface area (Å²) in [7, 11) is -4.95. The molecule has 0 aromatic heterocycles. The minimum Gasteiger partial charge on any atom is -0.437 e. The van der Waals surface area contributed by atoms with E-state index in [-0.39, 0.29) is 5.57 Å².